The molecule has 0 aliphatic heterocycles. The molecule has 7 heteroatoms. The van der Waals surface area contributed by atoms with Crippen molar-refractivity contribution in [2.45, 2.75) is 18.6 Å². The topological polar surface area (TPSA) is 89.5 Å². The molecule has 0 radical (unpaired) electrons. The van der Waals surface area contributed by atoms with Crippen molar-refractivity contribution < 1.29 is 22.7 Å². The highest BCUT2D eigenvalue weighted by Crippen LogP contribution is 2.19. The maximum Gasteiger partial charge on any atom is 0.337 e. The second-order valence-electron chi connectivity index (χ2n) is 4.81. The van der Waals surface area contributed by atoms with Crippen LogP contribution in [-0.4, -0.2) is 38.4 Å². The van der Waals surface area contributed by atoms with Crippen molar-refractivity contribution in [3.63, 3.8) is 0 Å². The predicted octanol–water partition coefficient (Wildman–Crippen LogP) is 1.23. The van der Waals surface area contributed by atoms with Gasteiger partial charge in [-0.15, -0.1) is 0 Å². The first-order valence-electron chi connectivity index (χ1n) is 5.79. The van der Waals surface area contributed by atoms with Crippen LogP contribution in [0.25, 0.3) is 0 Å². The molecule has 1 aromatic rings. The van der Waals surface area contributed by atoms with Crippen LogP contribution in [0.4, 0.5) is 5.69 Å². The monoisotopic (exact) mass is 299 g/mol. The average Bonchev–Trinajstić information content (AvgIpc) is 2.36. The van der Waals surface area contributed by atoms with Crippen molar-refractivity contribution >= 4 is 27.4 Å². The molecule has 0 bridgehead atoms. The lowest BCUT2D eigenvalue weighted by Crippen LogP contribution is -2.43. The van der Waals surface area contributed by atoms with Crippen molar-refractivity contribution in [2.24, 2.45) is 0 Å². The molecular formula is C13H17NO5S. The number of nitrogens with one attached hydrogen (secondary N) is 1. The molecule has 1 N–H and O–H groups in total. The van der Waals surface area contributed by atoms with Crippen molar-refractivity contribution in [1.29, 1.82) is 0 Å². The number of hydrogen-bond acceptors (Lipinski definition) is 5. The third-order valence-corrected chi connectivity index (χ3v) is 5.05. The number of rotatable bonds is 4. The van der Waals surface area contributed by atoms with Crippen LogP contribution in [0.15, 0.2) is 24.3 Å². The van der Waals surface area contributed by atoms with Crippen LogP contribution in [0.5, 0.6) is 0 Å². The molecule has 0 atom stereocenters. The summed E-state index contributed by atoms with van der Waals surface area (Å²) in [5, 5.41) is 2.48. The van der Waals surface area contributed by atoms with Crippen LogP contribution in [0.1, 0.15) is 24.2 Å². The minimum atomic E-state index is -3.56. The molecule has 0 heterocycles. The van der Waals surface area contributed by atoms with Crippen LogP contribution in [0.2, 0.25) is 0 Å². The van der Waals surface area contributed by atoms with Gasteiger partial charge in [-0.1, -0.05) is 6.07 Å². The largest absolute Gasteiger partial charge is 0.465 e. The van der Waals surface area contributed by atoms with Gasteiger partial charge in [0.25, 0.3) is 0 Å². The molecule has 0 saturated heterocycles. The van der Waals surface area contributed by atoms with Crippen LogP contribution >= 0.6 is 0 Å². The van der Waals surface area contributed by atoms with E-state index in [-0.39, 0.29) is 5.56 Å². The maximum atomic E-state index is 12.0. The van der Waals surface area contributed by atoms with Gasteiger partial charge in [-0.3, -0.25) is 4.79 Å². The number of methoxy groups -OCH3 is 1. The first kappa shape index (κ1) is 16.2. The van der Waals surface area contributed by atoms with E-state index in [9.17, 15) is 18.0 Å². The molecule has 0 aliphatic carbocycles. The molecule has 0 aliphatic rings. The SMILES string of the molecule is COC(=O)c1cccc(NC(=O)C(C)(C)S(C)(=O)=O)c1. The Labute approximate surface area is 118 Å². The number of esters is 1. The standard InChI is InChI=1S/C13H17NO5S/c1-13(2,20(4,17)18)12(16)14-10-7-5-6-9(8-10)11(15)19-3/h5-8H,1-4H3,(H,14,16). The smallest absolute Gasteiger partial charge is 0.337 e. The fourth-order valence-electron chi connectivity index (χ4n) is 1.29. The van der Waals surface area contributed by atoms with E-state index in [1.54, 1.807) is 12.1 Å². The van der Waals surface area contributed by atoms with Gasteiger partial charge in [0.2, 0.25) is 5.91 Å². The lowest BCUT2D eigenvalue weighted by molar-refractivity contribution is -0.117. The van der Waals surface area contributed by atoms with E-state index >= 15 is 0 Å². The zero-order valence-electron chi connectivity index (χ0n) is 11.8. The molecule has 0 aromatic heterocycles. The molecule has 0 saturated carbocycles. The summed E-state index contributed by atoms with van der Waals surface area (Å²) in [7, 11) is -2.31. The number of sulfone groups is 1. The van der Waals surface area contributed by atoms with Crippen molar-refractivity contribution in [3.05, 3.63) is 29.8 Å². The lowest BCUT2D eigenvalue weighted by Gasteiger charge is -2.21. The van der Waals surface area contributed by atoms with Gasteiger partial charge in [0.1, 0.15) is 4.75 Å². The normalized spacial score (nSPS) is 11.8. The van der Waals surface area contributed by atoms with Gasteiger partial charge < -0.3 is 10.1 Å². The summed E-state index contributed by atoms with van der Waals surface area (Å²) < 4.78 is 26.2. The van der Waals surface area contributed by atoms with Crippen molar-refractivity contribution in [1.82, 2.24) is 0 Å². The fraction of sp³-hybridized carbons (Fsp3) is 0.385. The number of carbonyl (C=O) groups excluding carboxylic acids is 2. The zero-order chi connectivity index (χ0) is 15.6. The highest BCUT2D eigenvalue weighted by atomic mass is 32.2. The molecule has 1 rings (SSSR count). The lowest BCUT2D eigenvalue weighted by atomic mass is 10.1. The highest BCUT2D eigenvalue weighted by molar-refractivity contribution is 7.92. The summed E-state index contributed by atoms with van der Waals surface area (Å²) in [4.78, 5) is 23.4. The van der Waals surface area contributed by atoms with Crippen molar-refractivity contribution in [3.8, 4) is 0 Å². The third-order valence-electron chi connectivity index (χ3n) is 3.02. The van der Waals surface area contributed by atoms with Gasteiger partial charge in [-0.05, 0) is 32.0 Å². The molecule has 6 nitrogen and oxygen atoms in total. The summed E-state index contributed by atoms with van der Waals surface area (Å²) >= 11 is 0. The Bertz CT molecular complexity index is 634. The minimum Gasteiger partial charge on any atom is -0.465 e. The van der Waals surface area contributed by atoms with Gasteiger partial charge in [0.05, 0.1) is 12.7 Å². The molecule has 110 valence electrons. The van der Waals surface area contributed by atoms with E-state index < -0.39 is 26.5 Å². The summed E-state index contributed by atoms with van der Waals surface area (Å²) in [6, 6.07) is 6.07. The number of benzene rings is 1. The van der Waals surface area contributed by atoms with Crippen molar-refractivity contribution in [2.75, 3.05) is 18.7 Å². The predicted molar refractivity (Wildman–Crippen MR) is 75.3 cm³/mol. The van der Waals surface area contributed by atoms with E-state index in [2.05, 4.69) is 10.1 Å². The highest BCUT2D eigenvalue weighted by Gasteiger charge is 2.38. The number of anilines is 1. The van der Waals surface area contributed by atoms with Gasteiger partial charge >= 0.3 is 5.97 Å². The van der Waals surface area contributed by atoms with Gasteiger partial charge in [-0.2, -0.15) is 0 Å². The van der Waals surface area contributed by atoms with Crippen LogP contribution in [0, 0.1) is 0 Å². The quantitative estimate of drug-likeness (QED) is 0.845. The Morgan fingerprint density at radius 1 is 1.25 bits per heavy atom. The minimum absolute atomic E-state index is 0.266. The van der Waals surface area contributed by atoms with Gasteiger partial charge in [0, 0.05) is 11.9 Å². The Balaban J connectivity index is 3.00. The third kappa shape index (κ3) is 3.36. The molecule has 0 spiro atoms. The fourth-order valence-corrected chi connectivity index (χ4v) is 1.68. The van der Waals surface area contributed by atoms with Gasteiger partial charge in [-0.25, -0.2) is 13.2 Å². The van der Waals surface area contributed by atoms with E-state index in [4.69, 9.17) is 0 Å². The van der Waals surface area contributed by atoms with E-state index in [1.165, 1.54) is 33.1 Å². The average molecular weight is 299 g/mol. The Hall–Kier alpha value is -1.89. The zero-order valence-corrected chi connectivity index (χ0v) is 12.6. The maximum absolute atomic E-state index is 12.0. The summed E-state index contributed by atoms with van der Waals surface area (Å²) in [6.45, 7) is 2.64. The molecule has 20 heavy (non-hydrogen) atoms. The first-order chi connectivity index (χ1) is 9.09. The second-order valence-corrected chi connectivity index (χ2v) is 7.37. The number of amides is 1. The summed E-state index contributed by atoms with van der Waals surface area (Å²) in [6.07, 6.45) is 0.997. The van der Waals surface area contributed by atoms with E-state index in [0.717, 1.165) is 6.26 Å². The van der Waals surface area contributed by atoms with Gasteiger partial charge in [0.15, 0.2) is 9.84 Å². The number of carbonyl (C=O) groups is 2. The Kier molecular flexibility index (Phi) is 4.54. The van der Waals surface area contributed by atoms with E-state index in [0.29, 0.717) is 5.69 Å². The van der Waals surface area contributed by atoms with Crippen LogP contribution in [0.3, 0.4) is 0 Å². The molecule has 0 unspecified atom stereocenters. The Morgan fingerprint density at radius 2 is 1.85 bits per heavy atom. The summed E-state index contributed by atoms with van der Waals surface area (Å²) in [5.74, 6) is -1.20. The Morgan fingerprint density at radius 3 is 2.35 bits per heavy atom. The molecule has 0 fully saturated rings. The molecular weight excluding hydrogens is 282 g/mol. The molecule has 1 amide bonds. The molecule has 1 aromatic carbocycles. The number of ether oxygens (including phenoxy) is 1. The van der Waals surface area contributed by atoms with Crippen LogP contribution < -0.4 is 5.32 Å². The number of hydrogen-bond donors (Lipinski definition) is 1. The van der Waals surface area contributed by atoms with E-state index in [1.807, 2.05) is 0 Å². The first-order valence-corrected chi connectivity index (χ1v) is 7.68. The second kappa shape index (κ2) is 5.62. The summed E-state index contributed by atoms with van der Waals surface area (Å²) in [5.41, 5.74) is 0.595. The van der Waals surface area contributed by atoms with Crippen LogP contribution in [-0.2, 0) is 19.4 Å².